The number of methoxy groups -OCH3 is 2. The van der Waals surface area contributed by atoms with Crippen LogP contribution in [-0.4, -0.2) is 62.2 Å². The average Bonchev–Trinajstić information content (AvgIpc) is 3.39. The molecule has 0 saturated carbocycles. The Morgan fingerprint density at radius 2 is 1.76 bits per heavy atom. The number of amides is 1. The summed E-state index contributed by atoms with van der Waals surface area (Å²) in [5, 5.41) is 11.2. The van der Waals surface area contributed by atoms with Gasteiger partial charge in [-0.05, 0) is 43.5 Å². The van der Waals surface area contributed by atoms with Crippen molar-refractivity contribution in [3.63, 3.8) is 0 Å². The van der Waals surface area contributed by atoms with Crippen molar-refractivity contribution in [3.8, 4) is 11.5 Å². The molecule has 2 aromatic rings. The van der Waals surface area contributed by atoms with Crippen LogP contribution in [0.15, 0.2) is 36.4 Å². The number of nitro benzene ring substituents is 1. The van der Waals surface area contributed by atoms with Crippen molar-refractivity contribution in [1.82, 2.24) is 4.90 Å². The van der Waals surface area contributed by atoms with Crippen LogP contribution in [0, 0.1) is 10.1 Å². The standard InChI is InChI=1S/C24H29N3O7/c1-4-25(15-17-7-10-21(32-2)22(13-17)33-3)23(28)16-34-24(29)19-14-18(27(30)31)8-9-20(19)26-11-5-6-12-26/h7-10,13-14H,4-6,11-12,15-16H2,1-3H3. The molecule has 0 atom stereocenters. The highest BCUT2D eigenvalue weighted by Crippen LogP contribution is 2.30. The molecule has 182 valence electrons. The normalized spacial score (nSPS) is 12.9. The Morgan fingerprint density at radius 3 is 2.38 bits per heavy atom. The van der Waals surface area contributed by atoms with Crippen molar-refractivity contribution in [1.29, 1.82) is 0 Å². The van der Waals surface area contributed by atoms with Gasteiger partial charge in [0.2, 0.25) is 0 Å². The number of non-ortho nitro benzene ring substituents is 1. The number of esters is 1. The monoisotopic (exact) mass is 471 g/mol. The Bertz CT molecular complexity index is 1050. The minimum Gasteiger partial charge on any atom is -0.493 e. The van der Waals surface area contributed by atoms with E-state index in [2.05, 4.69) is 0 Å². The molecule has 0 N–H and O–H groups in total. The van der Waals surface area contributed by atoms with Crippen LogP contribution in [0.3, 0.4) is 0 Å². The van der Waals surface area contributed by atoms with Crippen molar-refractivity contribution in [3.05, 3.63) is 57.6 Å². The van der Waals surface area contributed by atoms with Crippen molar-refractivity contribution >= 4 is 23.3 Å². The second-order valence-electron chi connectivity index (χ2n) is 7.83. The number of benzene rings is 2. The quantitative estimate of drug-likeness (QED) is 0.294. The van der Waals surface area contributed by atoms with Gasteiger partial charge < -0.3 is 24.0 Å². The van der Waals surface area contributed by atoms with Gasteiger partial charge in [0.1, 0.15) is 0 Å². The van der Waals surface area contributed by atoms with Gasteiger partial charge >= 0.3 is 5.97 Å². The van der Waals surface area contributed by atoms with Crippen LogP contribution in [0.4, 0.5) is 11.4 Å². The number of ether oxygens (including phenoxy) is 3. The molecule has 1 aliphatic rings. The van der Waals surface area contributed by atoms with Crippen LogP contribution in [-0.2, 0) is 16.1 Å². The minimum atomic E-state index is -0.763. The first-order chi connectivity index (χ1) is 16.4. The third-order valence-corrected chi connectivity index (χ3v) is 5.74. The van der Waals surface area contributed by atoms with E-state index in [1.54, 1.807) is 30.2 Å². The second kappa shape index (κ2) is 11.4. The van der Waals surface area contributed by atoms with Crippen molar-refractivity contribution < 1.29 is 28.7 Å². The van der Waals surface area contributed by atoms with Gasteiger partial charge in [-0.2, -0.15) is 0 Å². The van der Waals surface area contributed by atoms with Crippen LogP contribution in [0.1, 0.15) is 35.7 Å². The molecule has 0 aromatic heterocycles. The van der Waals surface area contributed by atoms with E-state index in [4.69, 9.17) is 14.2 Å². The van der Waals surface area contributed by atoms with Gasteiger partial charge in [-0.25, -0.2) is 4.79 Å². The molecule has 0 bridgehead atoms. The first-order valence-corrected chi connectivity index (χ1v) is 11.1. The molecule has 1 aliphatic heterocycles. The smallest absolute Gasteiger partial charge is 0.341 e. The maximum absolute atomic E-state index is 12.9. The first kappa shape index (κ1) is 24.8. The van der Waals surface area contributed by atoms with Gasteiger partial charge in [0, 0.05) is 38.3 Å². The summed E-state index contributed by atoms with van der Waals surface area (Å²) in [5.74, 6) is -0.00438. The molecular formula is C24H29N3O7. The van der Waals surface area contributed by atoms with E-state index in [1.807, 2.05) is 17.9 Å². The fourth-order valence-electron chi connectivity index (χ4n) is 3.91. The zero-order valence-corrected chi connectivity index (χ0v) is 19.6. The molecule has 1 fully saturated rings. The van der Waals surface area contributed by atoms with Gasteiger partial charge in [0.05, 0.1) is 30.4 Å². The predicted molar refractivity (Wildman–Crippen MR) is 125 cm³/mol. The number of hydrogen-bond acceptors (Lipinski definition) is 8. The zero-order chi connectivity index (χ0) is 24.7. The summed E-state index contributed by atoms with van der Waals surface area (Å²) in [7, 11) is 3.08. The van der Waals surface area contributed by atoms with E-state index in [9.17, 15) is 19.7 Å². The molecule has 2 aromatic carbocycles. The Hall–Kier alpha value is -3.82. The summed E-state index contributed by atoms with van der Waals surface area (Å²) in [6, 6.07) is 9.52. The number of nitro groups is 1. The van der Waals surface area contributed by atoms with Crippen LogP contribution in [0.2, 0.25) is 0 Å². The highest BCUT2D eigenvalue weighted by atomic mass is 16.6. The molecule has 1 amide bonds. The molecule has 3 rings (SSSR count). The summed E-state index contributed by atoms with van der Waals surface area (Å²) in [4.78, 5) is 39.8. The predicted octanol–water partition coefficient (Wildman–Crippen LogP) is 3.42. The van der Waals surface area contributed by atoms with Gasteiger partial charge in [-0.1, -0.05) is 6.07 Å². The van der Waals surface area contributed by atoms with Gasteiger partial charge in [0.25, 0.3) is 11.6 Å². The van der Waals surface area contributed by atoms with Crippen molar-refractivity contribution in [2.75, 3.05) is 45.4 Å². The number of carbonyl (C=O) groups is 2. The molecule has 1 saturated heterocycles. The highest BCUT2D eigenvalue weighted by Gasteiger charge is 2.24. The fraction of sp³-hybridized carbons (Fsp3) is 0.417. The SMILES string of the molecule is CCN(Cc1ccc(OC)c(OC)c1)C(=O)COC(=O)c1cc([N+](=O)[O-])ccc1N1CCCC1. The van der Waals surface area contributed by atoms with Crippen LogP contribution < -0.4 is 14.4 Å². The molecule has 0 aliphatic carbocycles. The first-order valence-electron chi connectivity index (χ1n) is 11.1. The lowest BCUT2D eigenvalue weighted by Gasteiger charge is -2.22. The fourth-order valence-corrected chi connectivity index (χ4v) is 3.91. The molecule has 1 heterocycles. The van der Waals surface area contributed by atoms with E-state index in [1.165, 1.54) is 19.2 Å². The summed E-state index contributed by atoms with van der Waals surface area (Å²) >= 11 is 0. The Morgan fingerprint density at radius 1 is 1.06 bits per heavy atom. The van der Waals surface area contributed by atoms with Crippen molar-refractivity contribution in [2.45, 2.75) is 26.3 Å². The van der Waals surface area contributed by atoms with E-state index < -0.39 is 17.5 Å². The largest absolute Gasteiger partial charge is 0.493 e. The number of carbonyl (C=O) groups excluding carboxylic acids is 2. The Labute approximate surface area is 198 Å². The number of hydrogen-bond donors (Lipinski definition) is 0. The molecule has 0 spiro atoms. The maximum Gasteiger partial charge on any atom is 0.341 e. The highest BCUT2D eigenvalue weighted by molar-refractivity contribution is 5.97. The Kier molecular flexibility index (Phi) is 8.29. The minimum absolute atomic E-state index is 0.0897. The maximum atomic E-state index is 12.9. The van der Waals surface area contributed by atoms with E-state index in [0.29, 0.717) is 30.3 Å². The topological polar surface area (TPSA) is 111 Å². The molecule has 34 heavy (non-hydrogen) atoms. The zero-order valence-electron chi connectivity index (χ0n) is 19.6. The molecule has 10 nitrogen and oxygen atoms in total. The molecule has 10 heteroatoms. The van der Waals surface area contributed by atoms with Crippen LogP contribution in [0.25, 0.3) is 0 Å². The number of likely N-dealkylation sites (N-methyl/N-ethyl adjacent to an activating group) is 1. The summed E-state index contributed by atoms with van der Waals surface area (Å²) < 4.78 is 15.9. The lowest BCUT2D eigenvalue weighted by atomic mass is 10.1. The molecule has 0 unspecified atom stereocenters. The van der Waals surface area contributed by atoms with Gasteiger partial charge in [-0.15, -0.1) is 0 Å². The summed E-state index contributed by atoms with van der Waals surface area (Å²) in [6.45, 7) is 3.57. The number of nitrogens with zero attached hydrogens (tertiary/aromatic N) is 3. The van der Waals surface area contributed by atoms with Crippen LogP contribution in [0.5, 0.6) is 11.5 Å². The number of rotatable bonds is 10. The average molecular weight is 472 g/mol. The molecule has 0 radical (unpaired) electrons. The lowest BCUT2D eigenvalue weighted by molar-refractivity contribution is -0.384. The third kappa shape index (κ3) is 5.75. The van der Waals surface area contributed by atoms with Gasteiger partial charge in [0.15, 0.2) is 18.1 Å². The third-order valence-electron chi connectivity index (χ3n) is 5.74. The van der Waals surface area contributed by atoms with Crippen LogP contribution >= 0.6 is 0 Å². The lowest BCUT2D eigenvalue weighted by Crippen LogP contribution is -2.34. The van der Waals surface area contributed by atoms with E-state index in [-0.39, 0.29) is 17.2 Å². The second-order valence-corrected chi connectivity index (χ2v) is 7.83. The van der Waals surface area contributed by atoms with E-state index >= 15 is 0 Å². The number of anilines is 1. The summed E-state index contributed by atoms with van der Waals surface area (Å²) in [5.41, 5.74) is 1.30. The summed E-state index contributed by atoms with van der Waals surface area (Å²) in [6.07, 6.45) is 1.96. The Balaban J connectivity index is 1.70. The van der Waals surface area contributed by atoms with Crippen molar-refractivity contribution in [2.24, 2.45) is 0 Å². The van der Waals surface area contributed by atoms with E-state index in [0.717, 1.165) is 31.5 Å². The van der Waals surface area contributed by atoms with Gasteiger partial charge in [-0.3, -0.25) is 14.9 Å². The molecular weight excluding hydrogens is 442 g/mol.